The maximum Gasteiger partial charge on any atom is 0.306 e. The molecule has 0 aromatic heterocycles. The van der Waals surface area contributed by atoms with Crippen LogP contribution in [0.15, 0.2) is 12.2 Å². The molecule has 2 rings (SSSR count). The van der Waals surface area contributed by atoms with Crippen molar-refractivity contribution in [2.24, 2.45) is 17.8 Å². The fourth-order valence-electron chi connectivity index (χ4n) is 6.61. The summed E-state index contributed by atoms with van der Waals surface area (Å²) in [4.78, 5) is 23.7. The number of aliphatic carboxylic acids is 1. The number of hydrogen-bond donors (Lipinski definition) is 1. The number of unbranched alkanes of at least 4 members (excludes halogenated alkanes) is 1. The summed E-state index contributed by atoms with van der Waals surface area (Å²) in [5.74, 6) is 1.58. The average molecular weight is 687 g/mol. The lowest BCUT2D eigenvalue weighted by molar-refractivity contribution is -0.149. The van der Waals surface area contributed by atoms with Gasteiger partial charge in [-0.05, 0) is 86.4 Å². The SMILES string of the molecule is C=C(C[C@@H](CCC)O[Si](C)(C)C(C)(C)C)C[C@@H](C)C1([C@@H](C[C@H]2C[C@H](C)[C@H](CCCC[C@H](C)C(=O)O)O2)OC(C)=O)SCCCS1. The van der Waals surface area contributed by atoms with E-state index in [0.717, 1.165) is 69.3 Å². The van der Waals surface area contributed by atoms with Crippen LogP contribution in [0.3, 0.4) is 0 Å². The molecular weight excluding hydrogens is 621 g/mol. The van der Waals surface area contributed by atoms with Crippen LogP contribution in [0, 0.1) is 17.8 Å². The second kappa shape index (κ2) is 18.3. The molecule has 6 nitrogen and oxygen atoms in total. The molecule has 2 saturated heterocycles. The van der Waals surface area contributed by atoms with Gasteiger partial charge < -0.3 is 19.0 Å². The van der Waals surface area contributed by atoms with E-state index in [2.05, 4.69) is 61.2 Å². The van der Waals surface area contributed by atoms with Crippen molar-refractivity contribution in [1.29, 1.82) is 0 Å². The van der Waals surface area contributed by atoms with Crippen molar-refractivity contribution in [3.8, 4) is 0 Å². The predicted octanol–water partition coefficient (Wildman–Crippen LogP) is 10.1. The van der Waals surface area contributed by atoms with Crippen molar-refractivity contribution in [1.82, 2.24) is 0 Å². The van der Waals surface area contributed by atoms with Crippen LogP contribution in [-0.2, 0) is 23.5 Å². The smallest absolute Gasteiger partial charge is 0.306 e. The minimum Gasteiger partial charge on any atom is -0.481 e. The van der Waals surface area contributed by atoms with E-state index in [-0.39, 0.29) is 51.3 Å². The Morgan fingerprint density at radius 2 is 1.76 bits per heavy atom. The topological polar surface area (TPSA) is 82.1 Å². The molecule has 0 saturated carbocycles. The number of carboxylic acid groups (broad SMARTS) is 1. The van der Waals surface area contributed by atoms with E-state index in [4.69, 9.17) is 13.9 Å². The lowest BCUT2D eigenvalue weighted by Gasteiger charge is -2.46. The van der Waals surface area contributed by atoms with Gasteiger partial charge in [-0.1, -0.05) is 79.9 Å². The Morgan fingerprint density at radius 3 is 2.31 bits per heavy atom. The molecule has 45 heavy (non-hydrogen) atoms. The predicted molar refractivity (Wildman–Crippen MR) is 195 cm³/mol. The molecular formula is C36H66O6S2Si. The summed E-state index contributed by atoms with van der Waals surface area (Å²) in [5.41, 5.74) is 1.23. The van der Waals surface area contributed by atoms with E-state index in [0.29, 0.717) is 18.8 Å². The van der Waals surface area contributed by atoms with Gasteiger partial charge in [0.2, 0.25) is 0 Å². The first-order chi connectivity index (χ1) is 20.9. The van der Waals surface area contributed by atoms with Gasteiger partial charge in [0.05, 0.1) is 18.1 Å². The molecule has 262 valence electrons. The van der Waals surface area contributed by atoms with E-state index in [9.17, 15) is 14.7 Å². The molecule has 2 heterocycles. The van der Waals surface area contributed by atoms with E-state index in [1.165, 1.54) is 12.5 Å². The summed E-state index contributed by atoms with van der Waals surface area (Å²) in [6.45, 7) is 26.3. The Kier molecular flexibility index (Phi) is 16.6. The summed E-state index contributed by atoms with van der Waals surface area (Å²) >= 11 is 3.95. The maximum absolute atomic E-state index is 12.5. The Bertz CT molecular complexity index is 944. The average Bonchev–Trinajstić information content (AvgIpc) is 3.28. The van der Waals surface area contributed by atoms with Crippen molar-refractivity contribution >= 4 is 43.8 Å². The van der Waals surface area contributed by atoms with Crippen LogP contribution in [0.25, 0.3) is 0 Å². The van der Waals surface area contributed by atoms with E-state index in [1.807, 2.05) is 23.5 Å². The molecule has 0 unspecified atom stereocenters. The third-order valence-electron chi connectivity index (χ3n) is 10.3. The number of rotatable bonds is 19. The summed E-state index contributed by atoms with van der Waals surface area (Å²) < 4.78 is 19.5. The summed E-state index contributed by atoms with van der Waals surface area (Å²) in [6.07, 6.45) is 10.4. The first-order valence-corrected chi connectivity index (χ1v) is 22.5. The second-order valence-electron chi connectivity index (χ2n) is 15.5. The summed E-state index contributed by atoms with van der Waals surface area (Å²) in [6, 6.07) is 0. The number of carbonyl (C=O) groups excluding carboxylic acids is 1. The van der Waals surface area contributed by atoms with Crippen molar-refractivity contribution in [3.05, 3.63) is 12.2 Å². The van der Waals surface area contributed by atoms with Crippen molar-refractivity contribution in [2.75, 3.05) is 11.5 Å². The van der Waals surface area contributed by atoms with Crippen LogP contribution in [0.5, 0.6) is 0 Å². The third-order valence-corrected chi connectivity index (χ3v) is 18.7. The Balaban J connectivity index is 2.13. The highest BCUT2D eigenvalue weighted by Crippen LogP contribution is 2.54. The fraction of sp³-hybridized carbons (Fsp3) is 0.889. The third kappa shape index (κ3) is 12.5. The zero-order valence-electron chi connectivity index (χ0n) is 30.2. The lowest BCUT2D eigenvalue weighted by Crippen LogP contribution is -2.48. The van der Waals surface area contributed by atoms with Crippen LogP contribution in [0.2, 0.25) is 18.1 Å². The molecule has 2 fully saturated rings. The van der Waals surface area contributed by atoms with Gasteiger partial charge in [-0.15, -0.1) is 23.5 Å². The monoisotopic (exact) mass is 686 g/mol. The molecule has 0 amide bonds. The minimum absolute atomic E-state index is 0.0506. The molecule has 7 atom stereocenters. The second-order valence-corrected chi connectivity index (χ2v) is 23.2. The number of carboxylic acids is 1. The van der Waals surface area contributed by atoms with Crippen molar-refractivity contribution < 1.29 is 28.6 Å². The Hall–Kier alpha value is -0.483. The highest BCUT2D eigenvalue weighted by molar-refractivity contribution is 8.18. The maximum atomic E-state index is 12.5. The highest BCUT2D eigenvalue weighted by atomic mass is 32.2. The molecule has 0 aliphatic carbocycles. The normalized spacial score (nSPS) is 24.9. The number of carbonyl (C=O) groups is 2. The zero-order chi connectivity index (χ0) is 34.0. The van der Waals surface area contributed by atoms with Crippen LogP contribution < -0.4 is 0 Å². The van der Waals surface area contributed by atoms with Crippen LogP contribution in [0.4, 0.5) is 0 Å². The molecule has 9 heteroatoms. The lowest BCUT2D eigenvalue weighted by atomic mass is 9.89. The molecule has 0 radical (unpaired) electrons. The van der Waals surface area contributed by atoms with Crippen LogP contribution >= 0.6 is 23.5 Å². The zero-order valence-corrected chi connectivity index (χ0v) is 32.9. The molecule has 2 aliphatic rings. The first kappa shape index (κ1) is 40.7. The van der Waals surface area contributed by atoms with Crippen molar-refractivity contribution in [2.45, 2.75) is 173 Å². The van der Waals surface area contributed by atoms with Gasteiger partial charge in [0, 0.05) is 19.4 Å². The number of thioether (sulfide) groups is 2. The van der Waals surface area contributed by atoms with Gasteiger partial charge in [-0.25, -0.2) is 0 Å². The first-order valence-electron chi connectivity index (χ1n) is 17.6. The van der Waals surface area contributed by atoms with Gasteiger partial charge in [-0.2, -0.15) is 0 Å². The summed E-state index contributed by atoms with van der Waals surface area (Å²) in [5, 5.41) is 9.35. The van der Waals surface area contributed by atoms with Gasteiger partial charge in [-0.3, -0.25) is 9.59 Å². The number of hydrogen-bond acceptors (Lipinski definition) is 7. The van der Waals surface area contributed by atoms with Crippen LogP contribution in [0.1, 0.15) is 126 Å². The van der Waals surface area contributed by atoms with Gasteiger partial charge >= 0.3 is 11.9 Å². The van der Waals surface area contributed by atoms with E-state index >= 15 is 0 Å². The summed E-state index contributed by atoms with van der Waals surface area (Å²) in [7, 11) is -1.89. The molecule has 0 spiro atoms. The fourth-order valence-corrected chi connectivity index (χ4v) is 11.6. The standard InChI is InChI=1S/C36H66O6S2Si/c1-12-16-30(42-45(10,11)35(7,8)9)22-25(2)21-28(5)36(43-19-15-20-44-36)33(40-29(6)37)24-31-23-27(4)32(41-31)18-14-13-17-26(3)34(38)39/h26-28,30-33H,2,12-24H2,1,3-11H3,(H,38,39)/t26-,27-,28+,30+,31+,32-,33+/m0/s1. The quantitative estimate of drug-likeness (QED) is 0.0622. The number of ether oxygens (including phenoxy) is 2. The van der Waals surface area contributed by atoms with Crippen molar-refractivity contribution in [3.63, 3.8) is 0 Å². The molecule has 1 N–H and O–H groups in total. The van der Waals surface area contributed by atoms with Gasteiger partial charge in [0.1, 0.15) is 10.2 Å². The van der Waals surface area contributed by atoms with E-state index in [1.54, 1.807) is 6.92 Å². The largest absolute Gasteiger partial charge is 0.481 e. The Labute approximate surface area is 285 Å². The highest BCUT2D eigenvalue weighted by Gasteiger charge is 2.50. The minimum atomic E-state index is -1.89. The molecule has 2 aliphatic heterocycles. The van der Waals surface area contributed by atoms with Gasteiger partial charge in [0.15, 0.2) is 8.32 Å². The molecule has 0 aromatic carbocycles. The Morgan fingerprint density at radius 1 is 1.11 bits per heavy atom. The van der Waals surface area contributed by atoms with Crippen LogP contribution in [-0.4, -0.2) is 65.4 Å². The molecule has 0 bridgehead atoms. The van der Waals surface area contributed by atoms with E-state index < -0.39 is 14.3 Å². The number of esters is 1. The molecule has 0 aromatic rings. The van der Waals surface area contributed by atoms with Gasteiger partial charge in [0.25, 0.3) is 0 Å².